The number of para-hydroxylation sites is 2. The summed E-state index contributed by atoms with van der Waals surface area (Å²) in [6.45, 7) is 8.94. The van der Waals surface area contributed by atoms with Crippen LogP contribution >= 0.6 is 0 Å². The van der Waals surface area contributed by atoms with Crippen LogP contribution in [0.4, 0.5) is 0 Å². The third kappa shape index (κ3) is 5.00. The first-order valence-corrected chi connectivity index (χ1v) is 13.7. The summed E-state index contributed by atoms with van der Waals surface area (Å²) in [5.41, 5.74) is 5.33. The summed E-state index contributed by atoms with van der Waals surface area (Å²) in [4.78, 5) is 9.46. The monoisotopic (exact) mass is 532 g/mol. The number of aromatic nitrogens is 4. The lowest BCUT2D eigenvalue weighted by molar-refractivity contribution is 0.0214. The minimum atomic E-state index is 0.0628. The number of fused-ring (bicyclic) bond motifs is 1. The van der Waals surface area contributed by atoms with E-state index in [9.17, 15) is 10.2 Å². The van der Waals surface area contributed by atoms with Crippen molar-refractivity contribution in [3.05, 3.63) is 47.7 Å². The molecule has 0 amide bonds. The molecular weight excluding hydrogens is 496 g/mol. The lowest BCUT2D eigenvalue weighted by Gasteiger charge is -2.28. The second-order valence-electron chi connectivity index (χ2n) is 10.3. The zero-order valence-electron chi connectivity index (χ0n) is 22.6. The number of rotatable bonds is 7. The quantitative estimate of drug-likeness (QED) is 0.374. The highest BCUT2D eigenvalue weighted by Crippen LogP contribution is 2.43. The van der Waals surface area contributed by atoms with Crippen LogP contribution in [0.5, 0.6) is 11.5 Å². The number of phenols is 2. The number of aryl methyl sites for hydroxylation is 2. The average Bonchev–Trinajstić information content (AvgIpc) is 3.53. The fourth-order valence-electron chi connectivity index (χ4n) is 5.55. The Hall–Kier alpha value is -3.44. The molecule has 2 saturated heterocycles. The van der Waals surface area contributed by atoms with Crippen molar-refractivity contribution in [1.29, 1.82) is 0 Å². The second kappa shape index (κ2) is 11.0. The third-order valence-electron chi connectivity index (χ3n) is 7.81. The van der Waals surface area contributed by atoms with E-state index < -0.39 is 0 Å². The average molecular weight is 533 g/mol. The van der Waals surface area contributed by atoms with Crippen molar-refractivity contribution >= 4 is 11.0 Å². The number of imidazole rings is 1. The molecule has 0 radical (unpaired) electrons. The maximum absolute atomic E-state index is 11.7. The molecule has 6 rings (SSSR count). The smallest absolute Gasteiger partial charge is 0.144 e. The van der Waals surface area contributed by atoms with Gasteiger partial charge in [-0.15, -0.1) is 0 Å². The Balaban J connectivity index is 1.49. The van der Waals surface area contributed by atoms with Gasteiger partial charge in [-0.3, -0.25) is 14.5 Å². The van der Waals surface area contributed by atoms with Gasteiger partial charge >= 0.3 is 0 Å². The molecule has 0 atom stereocenters. The number of ether oxygens (including phenoxy) is 2. The number of hydrogen-bond donors (Lipinski definition) is 2. The van der Waals surface area contributed by atoms with Crippen LogP contribution < -0.4 is 0 Å². The van der Waals surface area contributed by atoms with E-state index in [0.29, 0.717) is 62.9 Å². The number of morpholine rings is 2. The van der Waals surface area contributed by atoms with E-state index in [-0.39, 0.29) is 11.5 Å². The first-order chi connectivity index (χ1) is 19.0. The predicted octanol–water partition coefficient (Wildman–Crippen LogP) is 3.20. The van der Waals surface area contributed by atoms with Gasteiger partial charge < -0.3 is 24.3 Å². The van der Waals surface area contributed by atoms with Crippen molar-refractivity contribution < 1.29 is 19.7 Å². The van der Waals surface area contributed by atoms with Crippen molar-refractivity contribution in [3.8, 4) is 34.1 Å². The van der Waals surface area contributed by atoms with Crippen LogP contribution in [0.15, 0.2) is 36.5 Å². The van der Waals surface area contributed by atoms with E-state index in [1.54, 1.807) is 0 Å². The highest BCUT2D eigenvalue weighted by molar-refractivity contribution is 5.87. The van der Waals surface area contributed by atoms with Crippen molar-refractivity contribution in [2.75, 3.05) is 52.6 Å². The fraction of sp³-hybridized carbons (Fsp3) is 0.448. The molecule has 4 aromatic rings. The Labute approximate surface area is 228 Å². The summed E-state index contributed by atoms with van der Waals surface area (Å²) in [6.07, 6.45) is 2.65. The van der Waals surface area contributed by atoms with E-state index >= 15 is 0 Å². The number of hydrogen-bond acceptors (Lipinski definition) is 8. The SMILES string of the molecule is CCc1cc(-c2nn(CN3CCOCC3)cc2-c2nc3ccccc3n2C)c(O)c(CN2CCOCC2)c1O. The van der Waals surface area contributed by atoms with Gasteiger partial charge in [0.2, 0.25) is 0 Å². The van der Waals surface area contributed by atoms with Gasteiger partial charge in [0.1, 0.15) is 23.0 Å². The molecule has 0 bridgehead atoms. The molecule has 2 aliphatic rings. The molecule has 2 fully saturated rings. The number of benzene rings is 2. The van der Waals surface area contributed by atoms with Crippen molar-refractivity contribution in [2.24, 2.45) is 7.05 Å². The van der Waals surface area contributed by atoms with Crippen LogP contribution in [-0.4, -0.2) is 92.0 Å². The lowest BCUT2D eigenvalue weighted by Crippen LogP contribution is -2.37. The zero-order chi connectivity index (χ0) is 26.9. The van der Waals surface area contributed by atoms with Gasteiger partial charge in [0.05, 0.1) is 55.3 Å². The van der Waals surface area contributed by atoms with E-state index in [4.69, 9.17) is 19.6 Å². The van der Waals surface area contributed by atoms with Gasteiger partial charge in [0.15, 0.2) is 0 Å². The largest absolute Gasteiger partial charge is 0.507 e. The highest BCUT2D eigenvalue weighted by atomic mass is 16.5. The van der Waals surface area contributed by atoms with Crippen LogP contribution in [0.2, 0.25) is 0 Å². The Kier molecular flexibility index (Phi) is 7.26. The van der Waals surface area contributed by atoms with Gasteiger partial charge in [-0.1, -0.05) is 19.1 Å². The van der Waals surface area contributed by atoms with Crippen LogP contribution in [0, 0.1) is 0 Å². The van der Waals surface area contributed by atoms with Gasteiger partial charge in [-0.05, 0) is 30.2 Å². The van der Waals surface area contributed by atoms with Crippen LogP contribution in [-0.2, 0) is 36.2 Å². The topological polar surface area (TPSA) is 101 Å². The molecule has 2 aromatic carbocycles. The molecule has 0 aliphatic carbocycles. The first-order valence-electron chi connectivity index (χ1n) is 13.7. The predicted molar refractivity (Wildman–Crippen MR) is 149 cm³/mol. The van der Waals surface area contributed by atoms with Crippen molar-refractivity contribution in [2.45, 2.75) is 26.6 Å². The molecule has 0 saturated carbocycles. The molecule has 206 valence electrons. The van der Waals surface area contributed by atoms with Crippen LogP contribution in [0.1, 0.15) is 18.1 Å². The maximum Gasteiger partial charge on any atom is 0.144 e. The van der Waals surface area contributed by atoms with Crippen molar-refractivity contribution in [3.63, 3.8) is 0 Å². The zero-order valence-corrected chi connectivity index (χ0v) is 22.6. The summed E-state index contributed by atoms with van der Waals surface area (Å²) in [5, 5.41) is 27.8. The summed E-state index contributed by atoms with van der Waals surface area (Å²) in [6, 6.07) is 9.93. The normalized spacial score (nSPS) is 17.3. The fourth-order valence-corrected chi connectivity index (χ4v) is 5.55. The van der Waals surface area contributed by atoms with E-state index in [1.807, 2.05) is 49.1 Å². The number of nitrogens with zero attached hydrogens (tertiary/aromatic N) is 6. The second-order valence-corrected chi connectivity index (χ2v) is 10.3. The van der Waals surface area contributed by atoms with E-state index in [2.05, 4.69) is 20.4 Å². The van der Waals surface area contributed by atoms with Gasteiger partial charge in [-0.2, -0.15) is 5.10 Å². The lowest BCUT2D eigenvalue weighted by atomic mass is 9.96. The molecule has 2 aliphatic heterocycles. The number of phenolic OH excluding ortho intramolecular Hbond substituents is 2. The molecular formula is C29H36N6O4. The molecule has 0 spiro atoms. The Morgan fingerprint density at radius 3 is 2.28 bits per heavy atom. The van der Waals surface area contributed by atoms with Crippen molar-refractivity contribution in [1.82, 2.24) is 29.1 Å². The molecule has 10 nitrogen and oxygen atoms in total. The molecule has 10 heteroatoms. The maximum atomic E-state index is 11.7. The van der Waals surface area contributed by atoms with E-state index in [1.165, 1.54) is 0 Å². The first kappa shape index (κ1) is 25.8. The van der Waals surface area contributed by atoms with Crippen LogP contribution in [0.25, 0.3) is 33.7 Å². The van der Waals surface area contributed by atoms with Gasteiger partial charge in [-0.25, -0.2) is 4.98 Å². The standard InChI is InChI=1S/C29H36N6O4/c1-3-20-16-21(28(37)23(27(20)36)17-33-8-12-38-13-9-33)26-22(18-35(31-26)19-34-10-14-39-15-11-34)29-30-24-6-4-5-7-25(24)32(29)2/h4-7,16,18,36-37H,3,8-15,17,19H2,1-2H3. The number of aromatic hydroxyl groups is 2. The summed E-state index contributed by atoms with van der Waals surface area (Å²) in [5.74, 6) is 0.995. The minimum Gasteiger partial charge on any atom is -0.507 e. The summed E-state index contributed by atoms with van der Waals surface area (Å²) < 4.78 is 15.0. The molecule has 4 heterocycles. The summed E-state index contributed by atoms with van der Waals surface area (Å²) >= 11 is 0. The Bertz CT molecular complexity index is 1470. The molecule has 2 aromatic heterocycles. The van der Waals surface area contributed by atoms with Gasteiger partial charge in [0.25, 0.3) is 0 Å². The Morgan fingerprint density at radius 2 is 1.59 bits per heavy atom. The third-order valence-corrected chi connectivity index (χ3v) is 7.81. The molecule has 2 N–H and O–H groups in total. The Morgan fingerprint density at radius 1 is 0.897 bits per heavy atom. The van der Waals surface area contributed by atoms with Gasteiger partial charge in [0, 0.05) is 51.5 Å². The molecule has 39 heavy (non-hydrogen) atoms. The summed E-state index contributed by atoms with van der Waals surface area (Å²) in [7, 11) is 2.01. The minimum absolute atomic E-state index is 0.0628. The van der Waals surface area contributed by atoms with Crippen LogP contribution in [0.3, 0.4) is 0 Å². The van der Waals surface area contributed by atoms with E-state index in [0.717, 1.165) is 54.2 Å². The highest BCUT2D eigenvalue weighted by Gasteiger charge is 2.26. The molecule has 0 unspecified atom stereocenters.